The number of rotatable bonds is 2. The minimum absolute atomic E-state index is 0.0520. The molecule has 0 aliphatic carbocycles. The molecule has 6 heteroatoms. The van der Waals surface area contributed by atoms with E-state index in [0.717, 1.165) is 18.2 Å². The van der Waals surface area contributed by atoms with Crippen LogP contribution in [-0.2, 0) is 0 Å². The molecular formula is C12H10F2N2O2. The summed E-state index contributed by atoms with van der Waals surface area (Å²) < 4.78 is 31.3. The first-order valence-corrected chi connectivity index (χ1v) is 5.18. The number of carbonyl (C=O) groups is 1. The number of aromatic nitrogens is 1. The van der Waals surface area contributed by atoms with Gasteiger partial charge in [-0.15, -0.1) is 0 Å². The number of hydrogen-bond donors (Lipinski definition) is 1. The summed E-state index contributed by atoms with van der Waals surface area (Å²) in [6.07, 6.45) is 0. The third-order valence-corrected chi connectivity index (χ3v) is 2.30. The third kappa shape index (κ3) is 2.37. The number of amides is 1. The highest BCUT2D eigenvalue weighted by Crippen LogP contribution is 2.17. The first-order chi connectivity index (χ1) is 8.47. The van der Waals surface area contributed by atoms with Crippen LogP contribution in [0.3, 0.4) is 0 Å². The second-order valence-corrected chi connectivity index (χ2v) is 3.72. The molecular weight excluding hydrogens is 242 g/mol. The molecule has 0 spiro atoms. The van der Waals surface area contributed by atoms with Crippen molar-refractivity contribution in [1.29, 1.82) is 0 Å². The topological polar surface area (TPSA) is 55.1 Å². The molecule has 0 saturated heterocycles. The Morgan fingerprint density at radius 1 is 1.33 bits per heavy atom. The number of nitrogens with zero attached hydrogens (tertiary/aromatic N) is 1. The summed E-state index contributed by atoms with van der Waals surface area (Å²) in [5, 5.41) is 2.25. The summed E-state index contributed by atoms with van der Waals surface area (Å²) in [6.45, 7) is 3.16. The lowest BCUT2D eigenvalue weighted by molar-refractivity contribution is 0.102. The number of halogens is 2. The zero-order chi connectivity index (χ0) is 13.3. The van der Waals surface area contributed by atoms with Gasteiger partial charge in [-0.3, -0.25) is 4.79 Å². The van der Waals surface area contributed by atoms with E-state index < -0.39 is 17.5 Å². The van der Waals surface area contributed by atoms with E-state index in [1.54, 1.807) is 13.8 Å². The van der Waals surface area contributed by atoms with Crippen molar-refractivity contribution in [3.05, 3.63) is 47.2 Å². The second-order valence-electron chi connectivity index (χ2n) is 3.72. The van der Waals surface area contributed by atoms with Crippen molar-refractivity contribution in [1.82, 2.24) is 4.98 Å². The quantitative estimate of drug-likeness (QED) is 0.894. The molecule has 0 radical (unpaired) electrons. The van der Waals surface area contributed by atoms with Gasteiger partial charge in [-0.1, -0.05) is 0 Å². The van der Waals surface area contributed by atoms with Gasteiger partial charge in [-0.05, 0) is 19.1 Å². The van der Waals surface area contributed by atoms with Crippen LogP contribution in [0.5, 0.6) is 0 Å². The number of carbonyl (C=O) groups excluding carboxylic acids is 1. The number of aryl methyl sites for hydroxylation is 2. The molecule has 94 valence electrons. The van der Waals surface area contributed by atoms with E-state index in [4.69, 9.17) is 4.42 Å². The molecule has 1 amide bonds. The Hall–Kier alpha value is -2.24. The minimum atomic E-state index is -0.720. The van der Waals surface area contributed by atoms with Crippen LogP contribution in [0, 0.1) is 25.5 Å². The molecule has 0 aliphatic rings. The van der Waals surface area contributed by atoms with Crippen molar-refractivity contribution in [2.75, 3.05) is 5.32 Å². The molecule has 1 aromatic carbocycles. The van der Waals surface area contributed by atoms with E-state index in [-0.39, 0.29) is 11.4 Å². The largest absolute Gasteiger partial charge is 0.445 e. The Labute approximate surface area is 102 Å². The predicted molar refractivity (Wildman–Crippen MR) is 60.3 cm³/mol. The van der Waals surface area contributed by atoms with Crippen LogP contribution in [0.4, 0.5) is 14.5 Å². The lowest BCUT2D eigenvalue weighted by Gasteiger charge is -2.04. The highest BCUT2D eigenvalue weighted by atomic mass is 19.1. The standard InChI is InChI=1S/C12H10F2N2O2/c1-6-11(15-7(2)18-6)12(17)16-10-5-8(13)3-4-9(10)14/h3-5H,1-2H3,(H,16,17). The van der Waals surface area contributed by atoms with Gasteiger partial charge in [0.1, 0.15) is 17.4 Å². The molecule has 1 N–H and O–H groups in total. The maximum atomic E-state index is 13.3. The van der Waals surface area contributed by atoms with Gasteiger partial charge in [0.25, 0.3) is 5.91 Å². The van der Waals surface area contributed by atoms with Crippen molar-refractivity contribution < 1.29 is 18.0 Å². The van der Waals surface area contributed by atoms with Crippen LogP contribution >= 0.6 is 0 Å². The van der Waals surface area contributed by atoms with Gasteiger partial charge in [0.05, 0.1) is 5.69 Å². The van der Waals surface area contributed by atoms with E-state index in [1.807, 2.05) is 0 Å². The Morgan fingerprint density at radius 2 is 2.06 bits per heavy atom. The number of hydrogen-bond acceptors (Lipinski definition) is 3. The van der Waals surface area contributed by atoms with E-state index in [0.29, 0.717) is 11.7 Å². The van der Waals surface area contributed by atoms with Crippen molar-refractivity contribution in [3.8, 4) is 0 Å². The van der Waals surface area contributed by atoms with Crippen LogP contribution in [-0.4, -0.2) is 10.9 Å². The summed E-state index contributed by atoms with van der Waals surface area (Å²) >= 11 is 0. The zero-order valence-electron chi connectivity index (χ0n) is 9.75. The van der Waals surface area contributed by atoms with E-state index in [2.05, 4.69) is 10.3 Å². The van der Waals surface area contributed by atoms with E-state index in [9.17, 15) is 13.6 Å². The Bertz CT molecular complexity index is 608. The van der Waals surface area contributed by atoms with Crippen molar-refractivity contribution in [3.63, 3.8) is 0 Å². The molecule has 0 unspecified atom stereocenters. The first-order valence-electron chi connectivity index (χ1n) is 5.18. The molecule has 0 atom stereocenters. The Morgan fingerprint density at radius 3 is 2.67 bits per heavy atom. The number of oxazole rings is 1. The van der Waals surface area contributed by atoms with Gasteiger partial charge < -0.3 is 9.73 Å². The lowest BCUT2D eigenvalue weighted by atomic mass is 10.2. The molecule has 4 nitrogen and oxygen atoms in total. The van der Waals surface area contributed by atoms with Gasteiger partial charge in [-0.2, -0.15) is 0 Å². The highest BCUT2D eigenvalue weighted by Gasteiger charge is 2.17. The van der Waals surface area contributed by atoms with E-state index in [1.165, 1.54) is 0 Å². The predicted octanol–water partition coefficient (Wildman–Crippen LogP) is 2.82. The van der Waals surface area contributed by atoms with E-state index >= 15 is 0 Å². The minimum Gasteiger partial charge on any atom is -0.445 e. The number of benzene rings is 1. The fourth-order valence-electron chi connectivity index (χ4n) is 1.51. The van der Waals surface area contributed by atoms with Gasteiger partial charge >= 0.3 is 0 Å². The fourth-order valence-corrected chi connectivity index (χ4v) is 1.51. The number of anilines is 1. The average molecular weight is 252 g/mol. The molecule has 2 aromatic rings. The van der Waals surface area contributed by atoms with Crippen molar-refractivity contribution in [2.45, 2.75) is 13.8 Å². The van der Waals surface area contributed by atoms with Crippen LogP contribution in [0.25, 0.3) is 0 Å². The summed E-state index contributed by atoms with van der Waals surface area (Å²) in [4.78, 5) is 15.7. The lowest BCUT2D eigenvalue weighted by Crippen LogP contribution is -2.14. The Balaban J connectivity index is 2.26. The summed E-state index contributed by atoms with van der Waals surface area (Å²) in [7, 11) is 0. The van der Waals surface area contributed by atoms with Crippen molar-refractivity contribution in [2.24, 2.45) is 0 Å². The second kappa shape index (κ2) is 4.56. The van der Waals surface area contributed by atoms with Gasteiger partial charge in [0.15, 0.2) is 11.6 Å². The Kier molecular flexibility index (Phi) is 3.10. The number of nitrogens with one attached hydrogen (secondary N) is 1. The average Bonchev–Trinajstić information content (AvgIpc) is 2.63. The zero-order valence-corrected chi connectivity index (χ0v) is 9.75. The molecule has 0 saturated carbocycles. The molecule has 0 bridgehead atoms. The van der Waals surface area contributed by atoms with Crippen LogP contribution in [0.15, 0.2) is 22.6 Å². The fraction of sp³-hybridized carbons (Fsp3) is 0.167. The van der Waals surface area contributed by atoms with Gasteiger partial charge in [0.2, 0.25) is 0 Å². The highest BCUT2D eigenvalue weighted by molar-refractivity contribution is 6.03. The summed E-state index contributed by atoms with van der Waals surface area (Å²) in [5.74, 6) is -1.35. The van der Waals surface area contributed by atoms with Crippen LogP contribution < -0.4 is 5.32 Å². The van der Waals surface area contributed by atoms with Crippen LogP contribution in [0.2, 0.25) is 0 Å². The third-order valence-electron chi connectivity index (χ3n) is 2.30. The van der Waals surface area contributed by atoms with Gasteiger partial charge in [-0.25, -0.2) is 13.8 Å². The summed E-state index contributed by atoms with van der Waals surface area (Å²) in [6, 6.07) is 2.80. The maximum absolute atomic E-state index is 13.3. The van der Waals surface area contributed by atoms with Gasteiger partial charge in [0, 0.05) is 13.0 Å². The molecule has 1 heterocycles. The maximum Gasteiger partial charge on any atom is 0.277 e. The first kappa shape index (κ1) is 12.2. The molecule has 0 aliphatic heterocycles. The SMILES string of the molecule is Cc1nc(C(=O)Nc2cc(F)ccc2F)c(C)o1. The molecule has 18 heavy (non-hydrogen) atoms. The monoisotopic (exact) mass is 252 g/mol. The molecule has 1 aromatic heterocycles. The smallest absolute Gasteiger partial charge is 0.277 e. The summed E-state index contributed by atoms with van der Waals surface area (Å²) in [5.41, 5.74) is -0.184. The van der Waals surface area contributed by atoms with Crippen molar-refractivity contribution >= 4 is 11.6 Å². The normalized spacial score (nSPS) is 10.4. The molecule has 0 fully saturated rings. The van der Waals surface area contributed by atoms with Crippen LogP contribution in [0.1, 0.15) is 22.1 Å². The molecule has 2 rings (SSSR count).